The van der Waals surface area contributed by atoms with Crippen LogP contribution in [0.25, 0.3) is 0 Å². The van der Waals surface area contributed by atoms with Crippen LogP contribution in [-0.4, -0.2) is 35.0 Å². The fourth-order valence-electron chi connectivity index (χ4n) is 3.70. The quantitative estimate of drug-likeness (QED) is 0.617. The van der Waals surface area contributed by atoms with Gasteiger partial charge >= 0.3 is 7.12 Å². The van der Waals surface area contributed by atoms with Crippen molar-refractivity contribution in [3.63, 3.8) is 0 Å². The first-order chi connectivity index (χ1) is 13.7. The van der Waals surface area contributed by atoms with Gasteiger partial charge in [-0.15, -0.1) is 0 Å². The van der Waals surface area contributed by atoms with E-state index in [1.54, 1.807) is 42.5 Å². The lowest BCUT2D eigenvalue weighted by Crippen LogP contribution is -2.56. The highest BCUT2D eigenvalue weighted by molar-refractivity contribution is 6.61. The summed E-state index contributed by atoms with van der Waals surface area (Å²) in [5.74, 6) is -0.663. The molecule has 1 unspecified atom stereocenters. The second kappa shape index (κ2) is 8.39. The molecular weight excluding hydrogens is 367 g/mol. The molecule has 2 aromatic rings. The van der Waals surface area contributed by atoms with Crippen LogP contribution < -0.4 is 10.9 Å². The molecule has 152 valence electrons. The molecule has 0 bridgehead atoms. The highest BCUT2D eigenvalue weighted by Gasteiger charge is 2.35. The van der Waals surface area contributed by atoms with Crippen molar-refractivity contribution in [1.29, 1.82) is 0 Å². The maximum absolute atomic E-state index is 13.2. The lowest BCUT2D eigenvalue weighted by atomic mass is 9.79. The Bertz CT molecular complexity index is 895. The predicted octanol–water partition coefficient (Wildman–Crippen LogP) is 2.52. The van der Waals surface area contributed by atoms with E-state index in [-0.39, 0.29) is 17.4 Å². The van der Waals surface area contributed by atoms with Gasteiger partial charge in [-0.1, -0.05) is 52.0 Å². The second-order valence-corrected chi connectivity index (χ2v) is 8.35. The molecule has 0 saturated carbocycles. The van der Waals surface area contributed by atoms with Crippen molar-refractivity contribution < 1.29 is 19.3 Å². The van der Waals surface area contributed by atoms with E-state index in [4.69, 9.17) is 4.65 Å². The Kier molecular flexibility index (Phi) is 6.10. The number of hydrogen-bond acceptors (Lipinski definition) is 4. The zero-order valence-electron chi connectivity index (χ0n) is 17.3. The van der Waals surface area contributed by atoms with Crippen LogP contribution in [0.15, 0.2) is 48.5 Å². The molecule has 0 radical (unpaired) electrons. The van der Waals surface area contributed by atoms with Gasteiger partial charge < -0.3 is 9.68 Å². The largest absolute Gasteiger partial charge is 0.491 e. The molecule has 0 spiro atoms. The smallest absolute Gasteiger partial charge is 0.423 e. The van der Waals surface area contributed by atoms with Crippen molar-refractivity contribution in [1.82, 2.24) is 10.4 Å². The predicted molar refractivity (Wildman–Crippen MR) is 112 cm³/mol. The molecule has 1 aliphatic rings. The second-order valence-electron chi connectivity index (χ2n) is 8.35. The van der Waals surface area contributed by atoms with Crippen LogP contribution in [0.3, 0.4) is 0 Å². The first-order valence-corrected chi connectivity index (χ1v) is 9.84. The van der Waals surface area contributed by atoms with Crippen molar-refractivity contribution in [2.45, 2.75) is 46.8 Å². The topological polar surface area (TPSA) is 78.9 Å². The lowest BCUT2D eigenvalue weighted by molar-refractivity contribution is 0.0285. The van der Waals surface area contributed by atoms with Gasteiger partial charge in [-0.25, -0.2) is 5.01 Å². The zero-order chi connectivity index (χ0) is 21.2. The Morgan fingerprint density at radius 1 is 1.17 bits per heavy atom. The molecule has 2 aromatic carbocycles. The van der Waals surface area contributed by atoms with E-state index < -0.39 is 13.0 Å². The van der Waals surface area contributed by atoms with E-state index in [1.807, 2.05) is 33.8 Å². The van der Waals surface area contributed by atoms with Crippen molar-refractivity contribution >= 4 is 24.4 Å². The average molecular weight is 394 g/mol. The molecule has 0 aromatic heterocycles. The Labute approximate surface area is 172 Å². The first-order valence-electron chi connectivity index (χ1n) is 9.84. The summed E-state index contributed by atoms with van der Waals surface area (Å²) in [5, 5.41) is 11.4. The Balaban J connectivity index is 1.91. The highest BCUT2D eigenvalue weighted by atomic mass is 16.5. The standard InChI is InChI=1S/C22H27BN2O4/c1-5-19(22(2,3)4)25(21(27)15-9-7-6-8-10-15)24-20(26)16-11-12-17-14-29-23(28)18(17)13-16/h6-13,19,28H,5,14H2,1-4H3,(H,24,26). The number of fused-ring (bicyclic) bond motifs is 1. The van der Waals surface area contributed by atoms with Gasteiger partial charge in [0, 0.05) is 11.1 Å². The highest BCUT2D eigenvalue weighted by Crippen LogP contribution is 2.27. The monoisotopic (exact) mass is 394 g/mol. The summed E-state index contributed by atoms with van der Waals surface area (Å²) in [6, 6.07) is 13.8. The molecule has 6 nitrogen and oxygen atoms in total. The number of carbonyl (C=O) groups excluding carboxylic acids is 2. The van der Waals surface area contributed by atoms with Gasteiger partial charge in [0.05, 0.1) is 12.6 Å². The van der Waals surface area contributed by atoms with Gasteiger partial charge in [0.25, 0.3) is 11.8 Å². The van der Waals surface area contributed by atoms with E-state index in [9.17, 15) is 14.6 Å². The van der Waals surface area contributed by atoms with Crippen LogP contribution in [0.5, 0.6) is 0 Å². The fraction of sp³-hybridized carbons (Fsp3) is 0.364. The van der Waals surface area contributed by atoms with Gasteiger partial charge in [-0.05, 0) is 47.1 Å². The van der Waals surface area contributed by atoms with Crippen LogP contribution in [0.4, 0.5) is 0 Å². The van der Waals surface area contributed by atoms with Crippen molar-refractivity contribution in [3.8, 4) is 0 Å². The zero-order valence-corrected chi connectivity index (χ0v) is 17.3. The van der Waals surface area contributed by atoms with Crippen LogP contribution in [0.1, 0.15) is 60.4 Å². The summed E-state index contributed by atoms with van der Waals surface area (Å²) >= 11 is 0. The summed E-state index contributed by atoms with van der Waals surface area (Å²) in [6.07, 6.45) is 0.680. The molecule has 7 heteroatoms. The minimum absolute atomic E-state index is 0.206. The molecular formula is C22H27BN2O4. The van der Waals surface area contributed by atoms with Gasteiger partial charge in [0.1, 0.15) is 0 Å². The summed E-state index contributed by atoms with van der Waals surface area (Å²) in [6.45, 7) is 8.44. The third-order valence-electron chi connectivity index (χ3n) is 5.23. The summed E-state index contributed by atoms with van der Waals surface area (Å²) in [5.41, 5.74) is 4.89. The first kappa shape index (κ1) is 21.1. The van der Waals surface area contributed by atoms with Gasteiger partial charge in [0.15, 0.2) is 0 Å². The minimum Gasteiger partial charge on any atom is -0.423 e. The number of nitrogens with zero attached hydrogens (tertiary/aromatic N) is 1. The number of benzene rings is 2. The van der Waals surface area contributed by atoms with Crippen LogP contribution >= 0.6 is 0 Å². The van der Waals surface area contributed by atoms with Gasteiger partial charge in [-0.3, -0.25) is 15.0 Å². The number of amides is 2. The van der Waals surface area contributed by atoms with Gasteiger partial charge in [0.2, 0.25) is 0 Å². The third kappa shape index (κ3) is 4.52. The van der Waals surface area contributed by atoms with Crippen molar-refractivity contribution in [3.05, 3.63) is 65.2 Å². The van der Waals surface area contributed by atoms with Crippen LogP contribution in [-0.2, 0) is 11.3 Å². The molecule has 2 N–H and O–H groups in total. The third-order valence-corrected chi connectivity index (χ3v) is 5.23. The van der Waals surface area contributed by atoms with E-state index in [1.165, 1.54) is 5.01 Å². The molecule has 0 aliphatic carbocycles. The Morgan fingerprint density at radius 2 is 1.86 bits per heavy atom. The van der Waals surface area contributed by atoms with Crippen LogP contribution in [0, 0.1) is 5.41 Å². The fourth-order valence-corrected chi connectivity index (χ4v) is 3.70. The van der Waals surface area contributed by atoms with E-state index >= 15 is 0 Å². The SMILES string of the molecule is CCC(N(NC(=O)c1ccc2c(c1)B(O)OC2)C(=O)c1ccccc1)C(C)(C)C. The van der Waals surface area contributed by atoms with E-state index in [0.717, 1.165) is 5.56 Å². The van der Waals surface area contributed by atoms with E-state index in [2.05, 4.69) is 5.43 Å². The maximum Gasteiger partial charge on any atom is 0.491 e. The summed E-state index contributed by atoms with van der Waals surface area (Å²) < 4.78 is 5.19. The molecule has 2 amide bonds. The number of carbonyl (C=O) groups is 2. The number of nitrogens with one attached hydrogen (secondary N) is 1. The minimum atomic E-state index is -1.03. The molecule has 1 aliphatic heterocycles. The van der Waals surface area contributed by atoms with Crippen molar-refractivity contribution in [2.75, 3.05) is 0 Å². The maximum atomic E-state index is 13.2. The van der Waals surface area contributed by atoms with Crippen molar-refractivity contribution in [2.24, 2.45) is 5.41 Å². The number of rotatable bonds is 4. The van der Waals surface area contributed by atoms with Gasteiger partial charge in [-0.2, -0.15) is 0 Å². The normalized spacial score (nSPS) is 14.3. The summed E-state index contributed by atoms with van der Waals surface area (Å²) in [7, 11) is -1.03. The van der Waals surface area contributed by atoms with E-state index in [0.29, 0.717) is 29.6 Å². The molecule has 3 rings (SSSR count). The summed E-state index contributed by atoms with van der Waals surface area (Å²) in [4.78, 5) is 26.3. The lowest BCUT2D eigenvalue weighted by Gasteiger charge is -2.39. The molecule has 1 atom stereocenters. The molecule has 0 saturated heterocycles. The number of hydrazine groups is 1. The molecule has 1 heterocycles. The molecule has 29 heavy (non-hydrogen) atoms. The Morgan fingerprint density at radius 3 is 2.48 bits per heavy atom. The van der Waals surface area contributed by atoms with Crippen LogP contribution in [0.2, 0.25) is 0 Å². The average Bonchev–Trinajstić information content (AvgIpc) is 3.07. The number of hydrogen-bond donors (Lipinski definition) is 2. The Hall–Kier alpha value is -2.64. The molecule has 0 fully saturated rings.